The maximum Gasteiger partial charge on any atom is 0.315 e. The van der Waals surface area contributed by atoms with Gasteiger partial charge in [-0.15, -0.1) is 0 Å². The first-order valence-electron chi connectivity index (χ1n) is 8.77. The number of ether oxygens (including phenoxy) is 1. The van der Waals surface area contributed by atoms with Crippen LogP contribution in [0.3, 0.4) is 0 Å². The van der Waals surface area contributed by atoms with Gasteiger partial charge in [-0.05, 0) is 25.0 Å². The van der Waals surface area contributed by atoms with E-state index in [1.54, 1.807) is 0 Å². The summed E-state index contributed by atoms with van der Waals surface area (Å²) >= 11 is 0. The lowest BCUT2D eigenvalue weighted by atomic mass is 9.96. The van der Waals surface area contributed by atoms with E-state index in [-0.39, 0.29) is 12.1 Å². The van der Waals surface area contributed by atoms with Crippen LogP contribution in [0, 0.1) is 0 Å². The van der Waals surface area contributed by atoms with Crippen LogP contribution in [0.25, 0.3) is 0 Å². The Labute approximate surface area is 138 Å². The zero-order valence-corrected chi connectivity index (χ0v) is 13.7. The van der Waals surface area contributed by atoms with Gasteiger partial charge in [0.05, 0.1) is 12.7 Å². The number of nitrogens with zero attached hydrogens (tertiary/aromatic N) is 1. The van der Waals surface area contributed by atoms with Crippen LogP contribution in [0.5, 0.6) is 0 Å². The van der Waals surface area contributed by atoms with E-state index in [0.29, 0.717) is 19.2 Å². The third-order valence-electron chi connectivity index (χ3n) is 4.69. The second-order valence-electron chi connectivity index (χ2n) is 6.46. The molecule has 0 aromatic heterocycles. The number of morpholine rings is 1. The van der Waals surface area contributed by atoms with Gasteiger partial charge in [-0.25, -0.2) is 4.79 Å². The number of rotatable bonds is 4. The van der Waals surface area contributed by atoms with E-state index in [0.717, 1.165) is 25.9 Å². The molecular weight excluding hydrogens is 290 g/mol. The molecule has 0 bridgehead atoms. The molecule has 1 saturated carbocycles. The molecule has 5 heteroatoms. The second kappa shape index (κ2) is 8.20. The summed E-state index contributed by atoms with van der Waals surface area (Å²) in [4.78, 5) is 14.3. The number of carbonyl (C=O) groups excluding carboxylic acids is 1. The van der Waals surface area contributed by atoms with Crippen LogP contribution in [0.4, 0.5) is 10.5 Å². The van der Waals surface area contributed by atoms with E-state index in [9.17, 15) is 4.79 Å². The summed E-state index contributed by atoms with van der Waals surface area (Å²) in [5.74, 6) is 0. The van der Waals surface area contributed by atoms with Crippen LogP contribution in [0.2, 0.25) is 0 Å². The number of hydrogen-bond acceptors (Lipinski definition) is 3. The predicted molar refractivity (Wildman–Crippen MR) is 91.8 cm³/mol. The maximum absolute atomic E-state index is 12.0. The first-order valence-corrected chi connectivity index (χ1v) is 8.77. The van der Waals surface area contributed by atoms with Gasteiger partial charge in [-0.3, -0.25) is 0 Å². The summed E-state index contributed by atoms with van der Waals surface area (Å²) in [7, 11) is 0. The zero-order valence-electron chi connectivity index (χ0n) is 13.7. The summed E-state index contributed by atoms with van der Waals surface area (Å²) in [6, 6.07) is 10.6. The maximum atomic E-state index is 12.0. The molecule has 3 rings (SSSR count). The highest BCUT2D eigenvalue weighted by molar-refractivity contribution is 5.74. The van der Waals surface area contributed by atoms with Gasteiger partial charge in [0.25, 0.3) is 0 Å². The van der Waals surface area contributed by atoms with Gasteiger partial charge >= 0.3 is 6.03 Å². The molecule has 1 unspecified atom stereocenters. The highest BCUT2D eigenvalue weighted by Crippen LogP contribution is 2.18. The highest BCUT2D eigenvalue weighted by Gasteiger charge is 2.22. The molecule has 2 amide bonds. The molecule has 1 atom stereocenters. The summed E-state index contributed by atoms with van der Waals surface area (Å²) < 4.78 is 5.79. The predicted octanol–water partition coefficient (Wildman–Crippen LogP) is 2.52. The smallest absolute Gasteiger partial charge is 0.315 e. The summed E-state index contributed by atoms with van der Waals surface area (Å²) in [6.07, 6.45) is 6.00. The minimum atomic E-state index is -0.0580. The zero-order chi connectivity index (χ0) is 15.9. The van der Waals surface area contributed by atoms with Crippen molar-refractivity contribution < 1.29 is 9.53 Å². The average Bonchev–Trinajstić information content (AvgIpc) is 2.62. The first kappa shape index (κ1) is 16.1. The molecule has 0 spiro atoms. The van der Waals surface area contributed by atoms with Crippen LogP contribution in [-0.4, -0.2) is 44.4 Å². The number of amides is 2. The molecule has 1 aliphatic heterocycles. The van der Waals surface area contributed by atoms with E-state index in [1.807, 2.05) is 6.07 Å². The van der Waals surface area contributed by atoms with Crippen molar-refractivity contribution in [3.05, 3.63) is 30.3 Å². The molecule has 1 aromatic carbocycles. The Bertz CT molecular complexity index is 488. The molecule has 126 valence electrons. The van der Waals surface area contributed by atoms with Crippen LogP contribution in [0.15, 0.2) is 30.3 Å². The van der Waals surface area contributed by atoms with Crippen molar-refractivity contribution in [2.24, 2.45) is 0 Å². The largest absolute Gasteiger partial charge is 0.373 e. The number of hydrogen-bond donors (Lipinski definition) is 2. The number of urea groups is 1. The minimum Gasteiger partial charge on any atom is -0.373 e. The van der Waals surface area contributed by atoms with E-state index >= 15 is 0 Å². The Balaban J connectivity index is 1.42. The van der Waals surface area contributed by atoms with Crippen LogP contribution >= 0.6 is 0 Å². The molecular formula is C18H27N3O2. The Hall–Kier alpha value is -1.75. The fraction of sp³-hybridized carbons (Fsp3) is 0.611. The van der Waals surface area contributed by atoms with Gasteiger partial charge in [0, 0.05) is 31.4 Å². The van der Waals surface area contributed by atoms with Gasteiger partial charge < -0.3 is 20.3 Å². The van der Waals surface area contributed by atoms with Crippen molar-refractivity contribution in [1.29, 1.82) is 0 Å². The van der Waals surface area contributed by atoms with Gasteiger partial charge in [-0.2, -0.15) is 0 Å². The lowest BCUT2D eigenvalue weighted by Gasteiger charge is -2.34. The number of anilines is 1. The fourth-order valence-electron chi connectivity index (χ4n) is 3.41. The molecule has 1 heterocycles. The van der Waals surface area contributed by atoms with E-state index < -0.39 is 0 Å². The molecule has 5 nitrogen and oxygen atoms in total. The van der Waals surface area contributed by atoms with Crippen molar-refractivity contribution in [3.63, 3.8) is 0 Å². The molecule has 1 saturated heterocycles. The highest BCUT2D eigenvalue weighted by atomic mass is 16.5. The Kier molecular flexibility index (Phi) is 5.75. The van der Waals surface area contributed by atoms with E-state index in [4.69, 9.17) is 4.74 Å². The number of para-hydroxylation sites is 1. The Morgan fingerprint density at radius 2 is 1.96 bits per heavy atom. The van der Waals surface area contributed by atoms with E-state index in [1.165, 1.54) is 24.9 Å². The molecule has 0 radical (unpaired) electrons. The van der Waals surface area contributed by atoms with Crippen molar-refractivity contribution in [1.82, 2.24) is 10.6 Å². The lowest BCUT2D eigenvalue weighted by molar-refractivity contribution is 0.0423. The van der Waals surface area contributed by atoms with Crippen LogP contribution < -0.4 is 15.5 Å². The number of benzene rings is 1. The lowest BCUT2D eigenvalue weighted by Crippen LogP contribution is -2.50. The molecule has 1 aliphatic carbocycles. The van der Waals surface area contributed by atoms with E-state index in [2.05, 4.69) is 39.8 Å². The third kappa shape index (κ3) is 4.86. The summed E-state index contributed by atoms with van der Waals surface area (Å²) in [5.41, 5.74) is 1.22. The number of carbonyl (C=O) groups is 1. The van der Waals surface area contributed by atoms with Crippen molar-refractivity contribution in [2.45, 2.75) is 44.2 Å². The average molecular weight is 317 g/mol. The topological polar surface area (TPSA) is 53.6 Å². The van der Waals surface area contributed by atoms with Gasteiger partial charge in [0.1, 0.15) is 0 Å². The number of nitrogens with one attached hydrogen (secondary N) is 2. The Morgan fingerprint density at radius 1 is 1.17 bits per heavy atom. The van der Waals surface area contributed by atoms with Crippen LogP contribution in [0.1, 0.15) is 32.1 Å². The SMILES string of the molecule is O=C(NCC1CN(c2ccccc2)CCO1)NC1CCCCC1. The third-order valence-corrected chi connectivity index (χ3v) is 4.69. The quantitative estimate of drug-likeness (QED) is 0.897. The van der Waals surface area contributed by atoms with Gasteiger partial charge in [0.15, 0.2) is 0 Å². The monoisotopic (exact) mass is 317 g/mol. The summed E-state index contributed by atoms with van der Waals surface area (Å²) in [5, 5.41) is 6.05. The van der Waals surface area contributed by atoms with Gasteiger partial charge in [-0.1, -0.05) is 37.5 Å². The van der Waals surface area contributed by atoms with Gasteiger partial charge in [0.2, 0.25) is 0 Å². The first-order chi connectivity index (χ1) is 11.3. The van der Waals surface area contributed by atoms with Crippen molar-refractivity contribution in [2.75, 3.05) is 31.1 Å². The standard InChI is InChI=1S/C18H27N3O2/c22-18(20-15-7-3-1-4-8-15)19-13-17-14-21(11-12-23-17)16-9-5-2-6-10-16/h2,5-6,9-10,15,17H,1,3-4,7-8,11-14H2,(H2,19,20,22). The molecule has 2 aliphatic rings. The second-order valence-corrected chi connectivity index (χ2v) is 6.46. The molecule has 23 heavy (non-hydrogen) atoms. The van der Waals surface area contributed by atoms with Crippen molar-refractivity contribution in [3.8, 4) is 0 Å². The summed E-state index contributed by atoms with van der Waals surface area (Å²) in [6.45, 7) is 2.97. The normalized spacial score (nSPS) is 22.6. The minimum absolute atomic E-state index is 0.0426. The van der Waals surface area contributed by atoms with Crippen LogP contribution in [-0.2, 0) is 4.74 Å². The Morgan fingerprint density at radius 3 is 2.74 bits per heavy atom. The molecule has 1 aromatic rings. The van der Waals surface area contributed by atoms with Crippen molar-refractivity contribution >= 4 is 11.7 Å². The molecule has 2 N–H and O–H groups in total. The molecule has 2 fully saturated rings. The fourth-order valence-corrected chi connectivity index (χ4v) is 3.41.